The minimum absolute atomic E-state index is 0.135. The van der Waals surface area contributed by atoms with Crippen LogP contribution in [0.5, 0.6) is 0 Å². The quantitative estimate of drug-likeness (QED) is 0.817. The highest BCUT2D eigenvalue weighted by Crippen LogP contribution is 2.29. The molecule has 0 spiro atoms. The van der Waals surface area contributed by atoms with E-state index in [1.54, 1.807) is 0 Å². The van der Waals surface area contributed by atoms with E-state index in [9.17, 15) is 4.79 Å². The summed E-state index contributed by atoms with van der Waals surface area (Å²) < 4.78 is 0. The first-order chi connectivity index (χ1) is 7.72. The van der Waals surface area contributed by atoms with Crippen molar-refractivity contribution in [3.8, 4) is 0 Å². The zero-order valence-corrected chi connectivity index (χ0v) is 9.26. The number of anilines is 1. The molecule has 5 heteroatoms. The van der Waals surface area contributed by atoms with Crippen molar-refractivity contribution in [2.24, 2.45) is 0 Å². The number of carboxylic acids is 1. The summed E-state index contributed by atoms with van der Waals surface area (Å²) in [5, 5.41) is 8.75. The van der Waals surface area contributed by atoms with Crippen LogP contribution in [-0.2, 0) is 0 Å². The molecule has 0 saturated heterocycles. The molecule has 0 radical (unpaired) electrons. The Bertz CT molecular complexity index is 373. The third kappa shape index (κ3) is 2.29. The van der Waals surface area contributed by atoms with E-state index in [0.29, 0.717) is 12.0 Å². The van der Waals surface area contributed by atoms with Crippen molar-refractivity contribution in [2.75, 3.05) is 11.4 Å². The highest BCUT2D eigenvalue weighted by atomic mass is 16.4. The van der Waals surface area contributed by atoms with Gasteiger partial charge in [0.25, 0.3) is 0 Å². The van der Waals surface area contributed by atoms with Gasteiger partial charge in [0, 0.05) is 25.0 Å². The minimum Gasteiger partial charge on any atom is -0.478 e. The lowest BCUT2D eigenvalue weighted by molar-refractivity contribution is 0.0696. The van der Waals surface area contributed by atoms with Crippen molar-refractivity contribution >= 4 is 11.9 Å². The van der Waals surface area contributed by atoms with E-state index in [0.717, 1.165) is 13.0 Å². The Balaban J connectivity index is 2.14. The van der Waals surface area contributed by atoms with Gasteiger partial charge in [0.15, 0.2) is 0 Å². The van der Waals surface area contributed by atoms with E-state index in [1.807, 2.05) is 0 Å². The molecule has 86 valence electrons. The molecule has 1 aromatic heterocycles. The summed E-state index contributed by atoms with van der Waals surface area (Å²) in [5.41, 5.74) is 0.135. The fraction of sp³-hybridized carbons (Fsp3) is 0.545. The Morgan fingerprint density at radius 2 is 2.12 bits per heavy atom. The first-order valence-electron chi connectivity index (χ1n) is 5.54. The fourth-order valence-electron chi connectivity index (χ4n) is 1.65. The average molecular weight is 221 g/mol. The SMILES string of the molecule is CCCN(c1ncc(C(=O)O)cn1)C1CC1. The van der Waals surface area contributed by atoms with Crippen LogP contribution in [-0.4, -0.2) is 33.6 Å². The van der Waals surface area contributed by atoms with Gasteiger partial charge in [0.2, 0.25) is 5.95 Å². The second kappa shape index (κ2) is 4.47. The van der Waals surface area contributed by atoms with Gasteiger partial charge in [0.1, 0.15) is 0 Å². The van der Waals surface area contributed by atoms with Crippen molar-refractivity contribution in [3.05, 3.63) is 18.0 Å². The zero-order chi connectivity index (χ0) is 11.5. The number of hydrogen-bond donors (Lipinski definition) is 1. The van der Waals surface area contributed by atoms with Crippen molar-refractivity contribution in [1.29, 1.82) is 0 Å². The molecule has 1 aliphatic rings. The molecule has 0 unspecified atom stereocenters. The van der Waals surface area contributed by atoms with Crippen LogP contribution >= 0.6 is 0 Å². The Hall–Kier alpha value is -1.65. The highest BCUT2D eigenvalue weighted by molar-refractivity contribution is 5.86. The molecule has 0 aromatic carbocycles. The molecule has 1 aliphatic carbocycles. The summed E-state index contributed by atoms with van der Waals surface area (Å²) >= 11 is 0. The number of aromatic carboxylic acids is 1. The number of carboxylic acid groups (broad SMARTS) is 1. The van der Waals surface area contributed by atoms with E-state index >= 15 is 0 Å². The molecular weight excluding hydrogens is 206 g/mol. The second-order valence-corrected chi connectivity index (χ2v) is 4.00. The molecule has 1 saturated carbocycles. The van der Waals surface area contributed by atoms with Crippen LogP contribution in [0.25, 0.3) is 0 Å². The lowest BCUT2D eigenvalue weighted by Crippen LogP contribution is -2.28. The van der Waals surface area contributed by atoms with Gasteiger partial charge in [-0.2, -0.15) is 0 Å². The molecule has 1 fully saturated rings. The van der Waals surface area contributed by atoms with Crippen LogP contribution in [0.4, 0.5) is 5.95 Å². The molecule has 5 nitrogen and oxygen atoms in total. The predicted octanol–water partition coefficient (Wildman–Crippen LogP) is 1.55. The van der Waals surface area contributed by atoms with Crippen LogP contribution in [0.3, 0.4) is 0 Å². The van der Waals surface area contributed by atoms with Crippen LogP contribution in [0, 0.1) is 0 Å². The fourth-order valence-corrected chi connectivity index (χ4v) is 1.65. The summed E-state index contributed by atoms with van der Waals surface area (Å²) in [5.74, 6) is -0.339. The minimum atomic E-state index is -0.986. The van der Waals surface area contributed by atoms with Crippen molar-refractivity contribution in [3.63, 3.8) is 0 Å². The summed E-state index contributed by atoms with van der Waals surface area (Å²) in [4.78, 5) is 21.0. The molecule has 2 rings (SSSR count). The molecule has 1 N–H and O–H groups in total. The van der Waals surface area contributed by atoms with Crippen LogP contribution < -0.4 is 4.90 Å². The van der Waals surface area contributed by atoms with Gasteiger partial charge < -0.3 is 10.0 Å². The maximum atomic E-state index is 10.7. The normalized spacial score (nSPS) is 14.8. The van der Waals surface area contributed by atoms with Gasteiger partial charge in [0.05, 0.1) is 5.56 Å². The Labute approximate surface area is 94.1 Å². The lowest BCUT2D eigenvalue weighted by Gasteiger charge is -2.21. The van der Waals surface area contributed by atoms with E-state index in [1.165, 1.54) is 25.2 Å². The Kier molecular flexibility index (Phi) is 3.03. The first kappa shape index (κ1) is 10.9. The van der Waals surface area contributed by atoms with Crippen molar-refractivity contribution in [2.45, 2.75) is 32.2 Å². The summed E-state index contributed by atoms with van der Waals surface area (Å²) in [6.07, 6.45) is 6.15. The standard InChI is InChI=1S/C11H15N3O2/c1-2-5-14(9-3-4-9)11-12-6-8(7-13-11)10(15)16/h6-7,9H,2-5H2,1H3,(H,15,16). The van der Waals surface area contributed by atoms with Gasteiger partial charge >= 0.3 is 5.97 Å². The van der Waals surface area contributed by atoms with Crippen molar-refractivity contribution < 1.29 is 9.90 Å². The Morgan fingerprint density at radius 1 is 1.50 bits per heavy atom. The molecule has 0 atom stereocenters. The summed E-state index contributed by atoms with van der Waals surface area (Å²) in [6, 6.07) is 0.552. The number of nitrogens with zero attached hydrogens (tertiary/aromatic N) is 3. The van der Waals surface area contributed by atoms with E-state index in [2.05, 4.69) is 21.8 Å². The number of rotatable bonds is 5. The van der Waals surface area contributed by atoms with Gasteiger partial charge in [-0.05, 0) is 19.3 Å². The molecule has 1 heterocycles. The maximum absolute atomic E-state index is 10.7. The third-order valence-electron chi connectivity index (χ3n) is 2.59. The van der Waals surface area contributed by atoms with Gasteiger partial charge in [-0.3, -0.25) is 0 Å². The van der Waals surface area contributed by atoms with Crippen molar-refractivity contribution in [1.82, 2.24) is 9.97 Å². The van der Waals surface area contributed by atoms with Crippen LogP contribution in [0.2, 0.25) is 0 Å². The first-order valence-corrected chi connectivity index (χ1v) is 5.54. The molecular formula is C11H15N3O2. The van der Waals surface area contributed by atoms with Gasteiger partial charge in [-0.1, -0.05) is 6.92 Å². The van der Waals surface area contributed by atoms with E-state index in [-0.39, 0.29) is 5.56 Å². The van der Waals surface area contributed by atoms with E-state index in [4.69, 9.17) is 5.11 Å². The lowest BCUT2D eigenvalue weighted by atomic mass is 10.3. The summed E-state index contributed by atoms with van der Waals surface area (Å²) in [7, 11) is 0. The predicted molar refractivity (Wildman–Crippen MR) is 59.7 cm³/mol. The summed E-state index contributed by atoms with van der Waals surface area (Å²) in [6.45, 7) is 3.04. The number of carbonyl (C=O) groups is 1. The molecule has 1 aromatic rings. The highest BCUT2D eigenvalue weighted by Gasteiger charge is 2.30. The molecule has 16 heavy (non-hydrogen) atoms. The zero-order valence-electron chi connectivity index (χ0n) is 9.26. The number of aromatic nitrogens is 2. The smallest absolute Gasteiger partial charge is 0.338 e. The largest absolute Gasteiger partial charge is 0.478 e. The third-order valence-corrected chi connectivity index (χ3v) is 2.59. The van der Waals surface area contributed by atoms with Crippen LogP contribution in [0.1, 0.15) is 36.5 Å². The van der Waals surface area contributed by atoms with Gasteiger partial charge in [-0.15, -0.1) is 0 Å². The molecule has 0 bridgehead atoms. The van der Waals surface area contributed by atoms with E-state index < -0.39 is 5.97 Å². The Morgan fingerprint density at radius 3 is 2.56 bits per heavy atom. The number of hydrogen-bond acceptors (Lipinski definition) is 4. The van der Waals surface area contributed by atoms with Crippen LogP contribution in [0.15, 0.2) is 12.4 Å². The average Bonchev–Trinajstić information content (AvgIpc) is 3.10. The van der Waals surface area contributed by atoms with Gasteiger partial charge in [-0.25, -0.2) is 14.8 Å². The monoisotopic (exact) mass is 221 g/mol. The maximum Gasteiger partial charge on any atom is 0.338 e. The molecule has 0 aliphatic heterocycles. The topological polar surface area (TPSA) is 66.3 Å². The second-order valence-electron chi connectivity index (χ2n) is 4.00. The molecule has 0 amide bonds.